The molecule has 5 nitrogen and oxygen atoms in total. The van der Waals surface area contributed by atoms with Crippen LogP contribution in [0.3, 0.4) is 0 Å². The zero-order chi connectivity index (χ0) is 18.2. The van der Waals surface area contributed by atoms with Gasteiger partial charge in [0.05, 0.1) is 6.04 Å². The molecule has 136 valence electrons. The van der Waals surface area contributed by atoms with Gasteiger partial charge in [-0.1, -0.05) is 30.5 Å². The minimum atomic E-state index is -0.301. The molecule has 3 amide bonds. The highest BCUT2D eigenvalue weighted by atomic mass is 19.1. The van der Waals surface area contributed by atoms with E-state index in [1.807, 2.05) is 13.8 Å². The van der Waals surface area contributed by atoms with Crippen LogP contribution in [0.4, 0.5) is 9.18 Å². The van der Waals surface area contributed by atoms with Gasteiger partial charge in [-0.2, -0.15) is 0 Å². The molecule has 1 saturated carbocycles. The summed E-state index contributed by atoms with van der Waals surface area (Å²) >= 11 is 0. The van der Waals surface area contributed by atoms with E-state index in [2.05, 4.69) is 16.0 Å². The van der Waals surface area contributed by atoms with E-state index in [4.69, 9.17) is 0 Å². The van der Waals surface area contributed by atoms with Gasteiger partial charge in [-0.05, 0) is 44.4 Å². The predicted octanol–water partition coefficient (Wildman–Crippen LogP) is 3.02. The Morgan fingerprint density at radius 1 is 1.08 bits per heavy atom. The minimum absolute atomic E-state index is 0.0616. The lowest BCUT2D eigenvalue weighted by Gasteiger charge is -2.32. The highest BCUT2D eigenvalue weighted by Crippen LogP contribution is 2.18. The standard InChI is InChI=1S/C19H26FN3O2/c1-13(2)11-18(24)22-16-5-3-4-6-17(16)23-19(25)21-12-14-7-9-15(20)10-8-14/h7-11,16-17H,3-6,12H2,1-2H3,(H,22,24)(H2,21,23,25). The van der Waals surface area contributed by atoms with Crippen molar-refractivity contribution in [2.45, 2.75) is 58.2 Å². The van der Waals surface area contributed by atoms with Crippen LogP contribution in [0.1, 0.15) is 45.1 Å². The molecule has 1 aromatic rings. The average molecular weight is 347 g/mol. The number of allylic oxidation sites excluding steroid dienone is 1. The predicted molar refractivity (Wildman–Crippen MR) is 95.4 cm³/mol. The molecule has 0 spiro atoms. The fourth-order valence-corrected chi connectivity index (χ4v) is 2.97. The van der Waals surface area contributed by atoms with E-state index in [9.17, 15) is 14.0 Å². The van der Waals surface area contributed by atoms with Gasteiger partial charge >= 0.3 is 6.03 Å². The summed E-state index contributed by atoms with van der Waals surface area (Å²) in [6.07, 6.45) is 5.32. The second-order valence-corrected chi connectivity index (χ2v) is 6.68. The van der Waals surface area contributed by atoms with Crippen molar-refractivity contribution in [2.24, 2.45) is 0 Å². The number of urea groups is 1. The molecule has 1 aromatic carbocycles. The number of carbonyl (C=O) groups excluding carboxylic acids is 2. The van der Waals surface area contributed by atoms with Gasteiger partial charge in [0.15, 0.2) is 0 Å². The first kappa shape index (κ1) is 19.0. The summed E-state index contributed by atoms with van der Waals surface area (Å²) < 4.78 is 12.9. The fourth-order valence-electron chi connectivity index (χ4n) is 2.97. The molecule has 0 radical (unpaired) electrons. The van der Waals surface area contributed by atoms with E-state index in [0.717, 1.165) is 36.8 Å². The van der Waals surface area contributed by atoms with Crippen molar-refractivity contribution < 1.29 is 14.0 Å². The SMILES string of the molecule is CC(C)=CC(=O)NC1CCCCC1NC(=O)NCc1ccc(F)cc1. The van der Waals surface area contributed by atoms with Crippen LogP contribution in [0.25, 0.3) is 0 Å². The van der Waals surface area contributed by atoms with Crippen LogP contribution < -0.4 is 16.0 Å². The van der Waals surface area contributed by atoms with Crippen LogP contribution in [-0.2, 0) is 11.3 Å². The Morgan fingerprint density at radius 2 is 1.68 bits per heavy atom. The average Bonchev–Trinajstić information content (AvgIpc) is 2.55. The fraction of sp³-hybridized carbons (Fsp3) is 0.474. The van der Waals surface area contributed by atoms with Crippen LogP contribution in [0.15, 0.2) is 35.9 Å². The molecular formula is C19H26FN3O2. The molecule has 0 aromatic heterocycles. The summed E-state index contributed by atoms with van der Waals surface area (Å²) in [5.74, 6) is -0.421. The molecule has 1 fully saturated rings. The molecular weight excluding hydrogens is 321 g/mol. The molecule has 2 rings (SSSR count). The Kier molecular flexibility index (Phi) is 6.98. The number of nitrogens with one attached hydrogen (secondary N) is 3. The number of rotatable bonds is 5. The third-order valence-electron chi connectivity index (χ3n) is 4.20. The van der Waals surface area contributed by atoms with E-state index in [1.54, 1.807) is 18.2 Å². The molecule has 0 heterocycles. The molecule has 1 aliphatic carbocycles. The van der Waals surface area contributed by atoms with Crippen LogP contribution in [0.2, 0.25) is 0 Å². The van der Waals surface area contributed by atoms with Crippen molar-refractivity contribution in [2.75, 3.05) is 0 Å². The van der Waals surface area contributed by atoms with Gasteiger partial charge in [-0.3, -0.25) is 4.79 Å². The number of halogens is 1. The van der Waals surface area contributed by atoms with Gasteiger partial charge in [0, 0.05) is 18.7 Å². The van der Waals surface area contributed by atoms with Gasteiger partial charge in [0.25, 0.3) is 0 Å². The zero-order valence-corrected chi connectivity index (χ0v) is 14.8. The topological polar surface area (TPSA) is 70.2 Å². The third-order valence-corrected chi connectivity index (χ3v) is 4.20. The number of benzene rings is 1. The molecule has 2 unspecified atom stereocenters. The largest absolute Gasteiger partial charge is 0.348 e. The maximum absolute atomic E-state index is 12.9. The van der Waals surface area contributed by atoms with Crippen molar-refractivity contribution in [1.82, 2.24) is 16.0 Å². The summed E-state index contributed by atoms with van der Waals surface area (Å²) in [6.45, 7) is 4.08. The van der Waals surface area contributed by atoms with E-state index >= 15 is 0 Å². The molecule has 25 heavy (non-hydrogen) atoms. The molecule has 0 bridgehead atoms. The third kappa shape index (κ3) is 6.57. The Morgan fingerprint density at radius 3 is 2.28 bits per heavy atom. The smallest absolute Gasteiger partial charge is 0.315 e. The molecule has 0 saturated heterocycles. The monoisotopic (exact) mass is 347 g/mol. The summed E-state index contributed by atoms with van der Waals surface area (Å²) in [5.41, 5.74) is 1.77. The highest BCUT2D eigenvalue weighted by molar-refractivity contribution is 5.88. The normalized spacial score (nSPS) is 19.6. The van der Waals surface area contributed by atoms with E-state index in [0.29, 0.717) is 6.54 Å². The second kappa shape index (κ2) is 9.20. The van der Waals surface area contributed by atoms with Crippen molar-refractivity contribution in [1.29, 1.82) is 0 Å². The van der Waals surface area contributed by atoms with Gasteiger partial charge in [0.2, 0.25) is 5.91 Å². The lowest BCUT2D eigenvalue weighted by atomic mass is 9.90. The first-order chi connectivity index (χ1) is 11.9. The van der Waals surface area contributed by atoms with Gasteiger partial charge < -0.3 is 16.0 Å². The molecule has 3 N–H and O–H groups in total. The quantitative estimate of drug-likeness (QED) is 0.717. The van der Waals surface area contributed by atoms with Crippen LogP contribution in [-0.4, -0.2) is 24.0 Å². The van der Waals surface area contributed by atoms with Gasteiger partial charge in [0.1, 0.15) is 5.82 Å². The number of hydrogen-bond acceptors (Lipinski definition) is 2. The molecule has 6 heteroatoms. The van der Waals surface area contributed by atoms with E-state index in [-0.39, 0.29) is 29.8 Å². The minimum Gasteiger partial charge on any atom is -0.348 e. The maximum Gasteiger partial charge on any atom is 0.315 e. The lowest BCUT2D eigenvalue weighted by molar-refractivity contribution is -0.117. The van der Waals surface area contributed by atoms with Gasteiger partial charge in [-0.25, -0.2) is 9.18 Å². The first-order valence-electron chi connectivity index (χ1n) is 8.68. The second-order valence-electron chi connectivity index (χ2n) is 6.68. The van der Waals surface area contributed by atoms with E-state index in [1.165, 1.54) is 12.1 Å². The van der Waals surface area contributed by atoms with Crippen molar-refractivity contribution >= 4 is 11.9 Å². The first-order valence-corrected chi connectivity index (χ1v) is 8.68. The Hall–Kier alpha value is -2.37. The molecule has 0 aliphatic heterocycles. The molecule has 2 atom stereocenters. The van der Waals surface area contributed by atoms with Crippen molar-refractivity contribution in [3.8, 4) is 0 Å². The summed E-state index contributed by atoms with van der Waals surface area (Å²) in [7, 11) is 0. The number of amides is 3. The van der Waals surface area contributed by atoms with Crippen LogP contribution >= 0.6 is 0 Å². The summed E-state index contributed by atoms with van der Waals surface area (Å²) in [5, 5.41) is 8.71. The van der Waals surface area contributed by atoms with E-state index < -0.39 is 0 Å². The maximum atomic E-state index is 12.9. The molecule has 1 aliphatic rings. The number of carbonyl (C=O) groups is 2. The van der Waals surface area contributed by atoms with Gasteiger partial charge in [-0.15, -0.1) is 0 Å². The Bertz CT molecular complexity index is 624. The summed E-state index contributed by atoms with van der Waals surface area (Å²) in [4.78, 5) is 24.1. The lowest BCUT2D eigenvalue weighted by Crippen LogP contribution is -2.54. The Labute approximate surface area is 148 Å². The highest BCUT2D eigenvalue weighted by Gasteiger charge is 2.27. The van der Waals surface area contributed by atoms with Crippen LogP contribution in [0.5, 0.6) is 0 Å². The number of hydrogen-bond donors (Lipinski definition) is 3. The zero-order valence-electron chi connectivity index (χ0n) is 14.8. The Balaban J connectivity index is 1.85. The summed E-state index contributed by atoms with van der Waals surface area (Å²) in [6, 6.07) is 5.58. The van der Waals surface area contributed by atoms with Crippen molar-refractivity contribution in [3.63, 3.8) is 0 Å². The van der Waals surface area contributed by atoms with Crippen LogP contribution in [0, 0.1) is 5.82 Å². The van der Waals surface area contributed by atoms with Crippen molar-refractivity contribution in [3.05, 3.63) is 47.3 Å².